The minimum absolute atomic E-state index is 0.261. The normalized spacial score (nSPS) is 12.0. The van der Waals surface area contributed by atoms with Crippen LogP contribution in [0.1, 0.15) is 0 Å². The number of aromatic amines is 2. The van der Waals surface area contributed by atoms with Gasteiger partial charge in [-0.15, -0.1) is 20.4 Å². The third kappa shape index (κ3) is 10.9. The van der Waals surface area contributed by atoms with Crippen molar-refractivity contribution in [3.8, 4) is 114 Å². The van der Waals surface area contributed by atoms with Crippen LogP contribution in [0.5, 0.6) is 46.0 Å². The number of aromatic nitrogens is 20. The summed E-state index contributed by atoms with van der Waals surface area (Å²) in [7, 11) is 0. The van der Waals surface area contributed by atoms with Gasteiger partial charge in [-0.3, -0.25) is 0 Å². The van der Waals surface area contributed by atoms with E-state index < -0.39 is 0 Å². The highest BCUT2D eigenvalue weighted by molar-refractivity contribution is 6.09. The number of H-pyrrole nitrogens is 2. The van der Waals surface area contributed by atoms with E-state index in [1.54, 1.807) is 18.7 Å². The van der Waals surface area contributed by atoms with Gasteiger partial charge in [0.15, 0.2) is 46.3 Å². The summed E-state index contributed by atoms with van der Waals surface area (Å²) in [6.45, 7) is 0. The molecule has 0 amide bonds. The first-order valence-electron chi connectivity index (χ1n) is 38.8. The minimum atomic E-state index is 0.261. The fraction of sp³-hybridized carbons (Fsp3) is 0. The molecule has 0 spiro atoms. The molecule has 16 aromatic carbocycles. The van der Waals surface area contributed by atoms with E-state index in [0.29, 0.717) is 157 Å². The van der Waals surface area contributed by atoms with Crippen molar-refractivity contribution in [2.45, 2.75) is 0 Å². The van der Waals surface area contributed by atoms with E-state index in [-0.39, 0.29) is 23.3 Å². The summed E-state index contributed by atoms with van der Waals surface area (Å²) >= 11 is 0. The van der Waals surface area contributed by atoms with E-state index in [1.807, 2.05) is 267 Å². The Labute approximate surface area is 676 Å². The molecule has 7 aromatic heterocycles. The molecule has 2 N–H and O–H groups in total. The summed E-state index contributed by atoms with van der Waals surface area (Å²) in [6, 6.07) is 104. The Kier molecular flexibility index (Phi) is 14.4. The highest BCUT2D eigenvalue weighted by Gasteiger charge is 2.31. The van der Waals surface area contributed by atoms with Crippen molar-refractivity contribution < 1.29 is 18.9 Å². The molecule has 0 fully saturated rings. The summed E-state index contributed by atoms with van der Waals surface area (Å²) in [4.78, 5) is 41.6. The molecule has 0 saturated heterocycles. The van der Waals surface area contributed by atoms with Gasteiger partial charge < -0.3 is 28.9 Å². The van der Waals surface area contributed by atoms with Crippen LogP contribution in [0.3, 0.4) is 0 Å². The Balaban J connectivity index is 0.813. The first-order valence-corrected chi connectivity index (χ1v) is 38.8. The van der Waals surface area contributed by atoms with Crippen molar-refractivity contribution >= 4 is 131 Å². The van der Waals surface area contributed by atoms with E-state index in [9.17, 15) is 0 Å². The van der Waals surface area contributed by atoms with Gasteiger partial charge in [-0.1, -0.05) is 191 Å². The van der Waals surface area contributed by atoms with Gasteiger partial charge >= 0.3 is 0 Å². The van der Waals surface area contributed by atoms with Gasteiger partial charge in [0, 0.05) is 43.8 Å². The Hall–Kier alpha value is -17.3. The summed E-state index contributed by atoms with van der Waals surface area (Å²) in [5.74, 6) is 5.04. The van der Waals surface area contributed by atoms with Crippen molar-refractivity contribution in [1.29, 1.82) is 0 Å². The molecule has 9 heterocycles. The van der Waals surface area contributed by atoms with Crippen molar-refractivity contribution in [3.63, 3.8) is 0 Å². The Morgan fingerprint density at radius 3 is 0.750 bits per heavy atom. The molecule has 0 unspecified atom stereocenters. The van der Waals surface area contributed by atoms with Crippen LogP contribution in [-0.4, -0.2) is 99.8 Å². The molecule has 24 heteroatoms. The molecule has 120 heavy (non-hydrogen) atoms. The van der Waals surface area contributed by atoms with Gasteiger partial charge in [0.05, 0.1) is 22.1 Å². The second-order valence-corrected chi connectivity index (χ2v) is 29.5. The van der Waals surface area contributed by atoms with Gasteiger partial charge in [-0.2, -0.15) is 0 Å². The van der Waals surface area contributed by atoms with Crippen LogP contribution in [0, 0.1) is 0 Å². The zero-order valence-electron chi connectivity index (χ0n) is 62.7. The summed E-state index contributed by atoms with van der Waals surface area (Å²) < 4.78 is 35.9. The molecular formula is C96H54N20O4. The SMILES string of the molecule is c1ccc2cc(Oc3cc4c(cc3-n3nnc5ccccc53)-c3nc-4nc4[nH]c(nc5nc(nc6[nH]c(n3)c3cc(Oc7ccc8ccccc8c7)c(-n7nnc8ccccc87)cc63)-c3cc(Oc6ccc7ccccc7c6)c(-n6nnc7ccccc76)cc3-5)c3cc(Oc5ccc6ccccc6c5)c(-n5nnc6ccccc65)cc43)ccc2c1. The van der Waals surface area contributed by atoms with Crippen molar-refractivity contribution in [3.05, 3.63) is 315 Å². The van der Waals surface area contributed by atoms with Crippen LogP contribution in [0.4, 0.5) is 0 Å². The predicted molar refractivity (Wildman–Crippen MR) is 462 cm³/mol. The molecule has 23 aromatic rings. The van der Waals surface area contributed by atoms with E-state index in [4.69, 9.17) is 79.9 Å². The zero-order chi connectivity index (χ0) is 78.6. The molecule has 2 aliphatic heterocycles. The average molecular weight is 1550 g/mol. The second-order valence-electron chi connectivity index (χ2n) is 29.5. The van der Waals surface area contributed by atoms with Gasteiger partial charge in [-0.05, 0) is 189 Å². The number of ether oxygens (including phenoxy) is 4. The predicted octanol–water partition coefficient (Wildman–Crippen LogP) is 21.6. The molecule has 0 radical (unpaired) electrons. The lowest BCUT2D eigenvalue weighted by Gasteiger charge is -2.14. The van der Waals surface area contributed by atoms with Gasteiger partial charge in [0.2, 0.25) is 0 Å². The van der Waals surface area contributed by atoms with Gasteiger partial charge in [0.1, 0.15) is 90.4 Å². The maximum Gasteiger partial charge on any atom is 0.164 e. The third-order valence-corrected chi connectivity index (χ3v) is 22.3. The molecule has 0 aliphatic carbocycles. The van der Waals surface area contributed by atoms with Crippen molar-refractivity contribution in [2.24, 2.45) is 0 Å². The fourth-order valence-corrected chi connectivity index (χ4v) is 16.5. The van der Waals surface area contributed by atoms with Crippen molar-refractivity contribution in [2.75, 3.05) is 0 Å². The highest BCUT2D eigenvalue weighted by Crippen LogP contribution is 2.48. The average Bonchev–Trinajstić information content (AvgIpc) is 1.57. The molecule has 2 aliphatic rings. The molecular weight excluding hydrogens is 1500 g/mol. The summed E-state index contributed by atoms with van der Waals surface area (Å²) in [6.07, 6.45) is 0. The maximum atomic E-state index is 7.20. The summed E-state index contributed by atoms with van der Waals surface area (Å²) in [5, 5.41) is 48.7. The highest BCUT2D eigenvalue weighted by atomic mass is 16.5. The van der Waals surface area contributed by atoms with Crippen molar-refractivity contribution in [1.82, 2.24) is 99.8 Å². The van der Waals surface area contributed by atoms with E-state index in [2.05, 4.69) is 68.7 Å². The number of fused-ring (bicyclic) bond motifs is 28. The summed E-state index contributed by atoms with van der Waals surface area (Å²) in [5.41, 5.74) is 11.4. The number of nitrogens with zero attached hydrogens (tertiary/aromatic N) is 18. The number of rotatable bonds is 12. The minimum Gasteiger partial charge on any atom is -0.455 e. The first kappa shape index (κ1) is 66.2. The van der Waals surface area contributed by atoms with E-state index in [0.717, 1.165) is 65.2 Å². The zero-order valence-corrected chi connectivity index (χ0v) is 62.7. The Morgan fingerprint density at radius 2 is 0.450 bits per heavy atom. The number of para-hydroxylation sites is 4. The second kappa shape index (κ2) is 26.1. The van der Waals surface area contributed by atoms with Gasteiger partial charge in [-0.25, -0.2) is 48.6 Å². The monoisotopic (exact) mass is 1550 g/mol. The molecule has 562 valence electrons. The standard InChI is InChI=1S/C96H54N20O4/c1-5-21-57-41-61(37-33-53(57)17-1)117-85-49-69-65(45-81(85)113-77-29-13-9-25-73(77)105-109-113)89-97-93(69)101-90-66-46-82(114-78-30-14-10-26-74(78)106-110-114)86(118-62-38-34-54-18-2-6-22-58(54)42-62)50-70(66)95(98-90)103-92-68-48-84(116-80-32-16-12-28-76(80)108-112-116)88(120-64-40-36-56-20-4-8-24-60(56)44-64)52-72(68)96(100-92)104-91-67-47-83(115-79-31-15-11-27-75(79)107-111-115)87(51-71(67)94(99-91)102-89)119-63-39-35-55-19-3-7-23-59(55)43-63/h1-52H,(H2,97,98,99,100,101,102,103,104). The maximum absolute atomic E-state index is 7.20. The smallest absolute Gasteiger partial charge is 0.164 e. The largest absolute Gasteiger partial charge is 0.455 e. The van der Waals surface area contributed by atoms with Crippen LogP contribution in [0.25, 0.3) is 200 Å². The van der Waals surface area contributed by atoms with E-state index in [1.165, 1.54) is 0 Å². The van der Waals surface area contributed by atoms with Crippen LogP contribution in [0.2, 0.25) is 0 Å². The lowest BCUT2D eigenvalue weighted by Crippen LogP contribution is -2.01. The number of hydrogen-bond donors (Lipinski definition) is 2. The number of benzene rings is 16. The van der Waals surface area contributed by atoms with Crippen LogP contribution in [0.15, 0.2) is 315 Å². The van der Waals surface area contributed by atoms with Gasteiger partial charge in [0.25, 0.3) is 0 Å². The molecule has 0 atom stereocenters. The van der Waals surface area contributed by atoms with Crippen LogP contribution >= 0.6 is 0 Å². The molecule has 8 bridgehead atoms. The van der Waals surface area contributed by atoms with Crippen LogP contribution in [-0.2, 0) is 0 Å². The fourth-order valence-electron chi connectivity index (χ4n) is 16.5. The molecule has 25 rings (SSSR count). The molecule has 24 nitrogen and oxygen atoms in total. The van der Waals surface area contributed by atoms with E-state index >= 15 is 0 Å². The Morgan fingerprint density at radius 1 is 0.208 bits per heavy atom. The quantitative estimate of drug-likeness (QED) is 0.115. The third-order valence-electron chi connectivity index (χ3n) is 22.3. The lowest BCUT2D eigenvalue weighted by molar-refractivity contribution is 0.479. The number of nitrogens with one attached hydrogen (secondary N) is 2. The lowest BCUT2D eigenvalue weighted by atomic mass is 10.1. The molecule has 0 saturated carbocycles. The van der Waals surface area contributed by atoms with Crippen LogP contribution < -0.4 is 18.9 Å². The first-order chi connectivity index (χ1) is 59.3. The number of hydrogen-bond acceptors (Lipinski definition) is 18. The topological polar surface area (TPSA) is 269 Å². The Bertz CT molecular complexity index is 8020.